The number of Topliss-reactive ketones (excluding diaryl/α,β-unsaturated/α-hetero) is 1. The zero-order valence-electron chi connectivity index (χ0n) is 17.4. The zero-order chi connectivity index (χ0) is 21.7. The van der Waals surface area contributed by atoms with Crippen molar-refractivity contribution in [3.8, 4) is 0 Å². The summed E-state index contributed by atoms with van der Waals surface area (Å²) < 4.78 is 17.0. The maximum atomic E-state index is 12.8. The number of rotatable bonds is 13. The Hall–Kier alpha value is -2.83. The summed E-state index contributed by atoms with van der Waals surface area (Å²) in [6.45, 7) is 0.717. The van der Waals surface area contributed by atoms with Crippen molar-refractivity contribution < 1.29 is 24.1 Å². The number of aliphatic hydroxyl groups excluding tert-OH is 1. The van der Waals surface area contributed by atoms with Gasteiger partial charge in [-0.2, -0.15) is 0 Å². The van der Waals surface area contributed by atoms with Crippen molar-refractivity contribution in [3.05, 3.63) is 108 Å². The average molecular weight is 421 g/mol. The lowest BCUT2D eigenvalue weighted by Gasteiger charge is -2.22. The van der Waals surface area contributed by atoms with Crippen molar-refractivity contribution in [2.45, 2.75) is 32.0 Å². The molecule has 0 saturated heterocycles. The van der Waals surface area contributed by atoms with Crippen LogP contribution in [0.15, 0.2) is 91.0 Å². The fraction of sp³-hybridized carbons (Fsp3) is 0.269. The van der Waals surface area contributed by atoms with Crippen molar-refractivity contribution in [1.82, 2.24) is 0 Å². The Bertz CT molecular complexity index is 883. The van der Waals surface area contributed by atoms with Gasteiger partial charge in [0.15, 0.2) is 5.78 Å². The second kappa shape index (κ2) is 12.8. The summed E-state index contributed by atoms with van der Waals surface area (Å²) in [7, 11) is 0. The minimum absolute atomic E-state index is 0.0151. The number of hydrogen-bond donors (Lipinski definition) is 1. The summed E-state index contributed by atoms with van der Waals surface area (Å²) in [5.74, 6) is -0.317. The monoisotopic (exact) mass is 420 g/mol. The van der Waals surface area contributed by atoms with Crippen LogP contribution in [-0.4, -0.2) is 36.3 Å². The first-order valence-corrected chi connectivity index (χ1v) is 10.3. The van der Waals surface area contributed by atoms with Gasteiger partial charge in [0.2, 0.25) is 0 Å². The van der Waals surface area contributed by atoms with E-state index in [9.17, 15) is 9.90 Å². The molecule has 162 valence electrons. The third-order valence-electron chi connectivity index (χ3n) is 4.70. The molecule has 0 saturated carbocycles. The van der Waals surface area contributed by atoms with E-state index in [1.807, 2.05) is 91.0 Å². The van der Waals surface area contributed by atoms with E-state index >= 15 is 0 Å². The van der Waals surface area contributed by atoms with E-state index in [-0.39, 0.29) is 25.6 Å². The number of aliphatic hydroxyl groups is 1. The second-order valence-electron chi connectivity index (χ2n) is 7.23. The summed E-state index contributed by atoms with van der Waals surface area (Å²) >= 11 is 0. The number of carbonyl (C=O) groups excluding carboxylic acids is 1. The molecule has 2 atom stereocenters. The number of benzene rings is 3. The van der Waals surface area contributed by atoms with Gasteiger partial charge in [0, 0.05) is 0 Å². The molecule has 5 nitrogen and oxygen atoms in total. The van der Waals surface area contributed by atoms with Gasteiger partial charge < -0.3 is 19.3 Å². The molecule has 3 rings (SSSR count). The van der Waals surface area contributed by atoms with E-state index < -0.39 is 12.2 Å². The van der Waals surface area contributed by atoms with Gasteiger partial charge in [0.25, 0.3) is 0 Å². The molecule has 0 unspecified atom stereocenters. The number of hydrogen-bond acceptors (Lipinski definition) is 5. The van der Waals surface area contributed by atoms with E-state index in [1.165, 1.54) is 0 Å². The molecular formula is C26H28O5. The van der Waals surface area contributed by atoms with Crippen molar-refractivity contribution >= 4 is 5.78 Å². The minimum Gasteiger partial charge on any atom is -0.388 e. The molecule has 3 aromatic rings. The Morgan fingerprint density at radius 2 is 1.13 bits per heavy atom. The number of ketones is 1. The summed E-state index contributed by atoms with van der Waals surface area (Å²) in [6, 6.07) is 28.8. The highest BCUT2D eigenvalue weighted by Crippen LogP contribution is 2.11. The SMILES string of the molecule is O=C(COCc1ccccc1)[C@H](OCc1ccccc1)[C@@H](O)COCc1ccccc1. The smallest absolute Gasteiger partial charge is 0.189 e. The lowest BCUT2D eigenvalue weighted by Crippen LogP contribution is -2.41. The Morgan fingerprint density at radius 3 is 1.65 bits per heavy atom. The maximum Gasteiger partial charge on any atom is 0.189 e. The van der Waals surface area contributed by atoms with Crippen LogP contribution >= 0.6 is 0 Å². The molecule has 3 aromatic carbocycles. The summed E-state index contributed by atoms with van der Waals surface area (Å²) in [5.41, 5.74) is 2.89. The van der Waals surface area contributed by atoms with Gasteiger partial charge in [-0.15, -0.1) is 0 Å². The van der Waals surface area contributed by atoms with Crippen LogP contribution in [0.4, 0.5) is 0 Å². The predicted molar refractivity (Wildman–Crippen MR) is 118 cm³/mol. The number of carbonyl (C=O) groups is 1. The topological polar surface area (TPSA) is 65.0 Å². The molecule has 0 amide bonds. The van der Waals surface area contributed by atoms with Gasteiger partial charge in [-0.25, -0.2) is 0 Å². The van der Waals surface area contributed by atoms with Gasteiger partial charge >= 0.3 is 0 Å². The normalized spacial score (nSPS) is 12.9. The van der Waals surface area contributed by atoms with Gasteiger partial charge in [-0.1, -0.05) is 91.0 Å². The van der Waals surface area contributed by atoms with Gasteiger partial charge in [-0.3, -0.25) is 4.79 Å². The lowest BCUT2D eigenvalue weighted by atomic mass is 10.1. The summed E-state index contributed by atoms with van der Waals surface area (Å²) in [5, 5.41) is 10.6. The molecule has 1 N–H and O–H groups in total. The molecule has 0 aromatic heterocycles. The molecule has 0 aliphatic rings. The van der Waals surface area contributed by atoms with E-state index in [0.717, 1.165) is 16.7 Å². The van der Waals surface area contributed by atoms with Crippen LogP contribution in [0.2, 0.25) is 0 Å². The van der Waals surface area contributed by atoms with Crippen LogP contribution < -0.4 is 0 Å². The van der Waals surface area contributed by atoms with Crippen LogP contribution in [0.25, 0.3) is 0 Å². The van der Waals surface area contributed by atoms with Gasteiger partial charge in [0.1, 0.15) is 18.8 Å². The Labute approximate surface area is 183 Å². The summed E-state index contributed by atoms with van der Waals surface area (Å²) in [4.78, 5) is 12.8. The fourth-order valence-corrected chi connectivity index (χ4v) is 3.06. The molecule has 0 aliphatic carbocycles. The quantitative estimate of drug-likeness (QED) is 0.454. The van der Waals surface area contributed by atoms with Crippen LogP contribution in [0.5, 0.6) is 0 Å². The Morgan fingerprint density at radius 1 is 0.677 bits per heavy atom. The van der Waals surface area contributed by atoms with Crippen LogP contribution in [0.3, 0.4) is 0 Å². The molecule has 31 heavy (non-hydrogen) atoms. The van der Waals surface area contributed by atoms with Crippen LogP contribution in [0.1, 0.15) is 16.7 Å². The second-order valence-corrected chi connectivity index (χ2v) is 7.23. The van der Waals surface area contributed by atoms with E-state index in [4.69, 9.17) is 14.2 Å². The van der Waals surface area contributed by atoms with Crippen molar-refractivity contribution in [2.24, 2.45) is 0 Å². The lowest BCUT2D eigenvalue weighted by molar-refractivity contribution is -0.148. The first-order valence-electron chi connectivity index (χ1n) is 10.3. The standard InChI is InChI=1S/C26H28O5/c27-24(19-29-16-21-10-4-1-5-11-21)26(31-18-23-14-8-3-9-15-23)25(28)20-30-17-22-12-6-2-7-13-22/h1-15,24,26-27H,16-20H2/t24-,26+/m0/s1. The van der Waals surface area contributed by atoms with E-state index in [0.29, 0.717) is 13.2 Å². The zero-order valence-corrected chi connectivity index (χ0v) is 17.4. The van der Waals surface area contributed by atoms with Gasteiger partial charge in [-0.05, 0) is 16.7 Å². The van der Waals surface area contributed by atoms with Crippen molar-refractivity contribution in [3.63, 3.8) is 0 Å². The predicted octanol–water partition coefficient (Wildman–Crippen LogP) is 3.94. The third-order valence-corrected chi connectivity index (χ3v) is 4.70. The van der Waals surface area contributed by atoms with Crippen LogP contribution in [0, 0.1) is 0 Å². The Balaban J connectivity index is 1.53. The van der Waals surface area contributed by atoms with Crippen LogP contribution in [-0.2, 0) is 38.8 Å². The first-order chi connectivity index (χ1) is 15.2. The molecule has 0 bridgehead atoms. The van der Waals surface area contributed by atoms with Gasteiger partial charge in [0.05, 0.1) is 26.4 Å². The number of ether oxygens (including phenoxy) is 3. The molecular weight excluding hydrogens is 392 g/mol. The molecule has 0 fully saturated rings. The highest BCUT2D eigenvalue weighted by molar-refractivity contribution is 5.84. The average Bonchev–Trinajstić information content (AvgIpc) is 2.81. The molecule has 0 aliphatic heterocycles. The third kappa shape index (κ3) is 8.07. The summed E-state index contributed by atoms with van der Waals surface area (Å²) in [6.07, 6.45) is -2.13. The fourth-order valence-electron chi connectivity index (χ4n) is 3.06. The molecule has 0 radical (unpaired) electrons. The first kappa shape index (κ1) is 22.8. The highest BCUT2D eigenvalue weighted by atomic mass is 16.5. The van der Waals surface area contributed by atoms with E-state index in [1.54, 1.807) is 0 Å². The van der Waals surface area contributed by atoms with E-state index in [2.05, 4.69) is 0 Å². The van der Waals surface area contributed by atoms with Crippen molar-refractivity contribution in [2.75, 3.05) is 13.2 Å². The molecule has 5 heteroatoms. The molecule has 0 spiro atoms. The molecule has 0 heterocycles. The minimum atomic E-state index is -1.10. The Kier molecular flexibility index (Phi) is 9.41. The largest absolute Gasteiger partial charge is 0.388 e. The highest BCUT2D eigenvalue weighted by Gasteiger charge is 2.28. The van der Waals surface area contributed by atoms with Crippen molar-refractivity contribution in [1.29, 1.82) is 0 Å². The maximum absolute atomic E-state index is 12.8.